The molecular formula is C15H14FN3O3. The Morgan fingerprint density at radius 2 is 2.23 bits per heavy atom. The number of fused-ring (bicyclic) bond motifs is 1. The summed E-state index contributed by atoms with van der Waals surface area (Å²) in [6.45, 7) is 0. The molecule has 0 fully saturated rings. The molecule has 2 aromatic rings. The Hall–Kier alpha value is -2.96. The van der Waals surface area contributed by atoms with Crippen molar-refractivity contribution in [3.05, 3.63) is 41.7 Å². The van der Waals surface area contributed by atoms with E-state index in [9.17, 15) is 9.50 Å². The highest BCUT2D eigenvalue weighted by atomic mass is 19.1. The number of nitrogens with zero attached hydrogens (tertiary/aromatic N) is 1. The third kappa shape index (κ3) is 2.48. The maximum atomic E-state index is 14.0. The second kappa shape index (κ2) is 5.44. The predicted octanol–water partition coefficient (Wildman–Crippen LogP) is 2.46. The molecule has 114 valence electrons. The van der Waals surface area contributed by atoms with Crippen LogP contribution in [0.5, 0.6) is 17.2 Å². The van der Waals surface area contributed by atoms with E-state index >= 15 is 0 Å². The highest BCUT2D eigenvalue weighted by Gasteiger charge is 2.23. The molecule has 1 unspecified atom stereocenters. The van der Waals surface area contributed by atoms with Crippen molar-refractivity contribution in [2.75, 3.05) is 12.8 Å². The SMILES string of the molecule is [2H]C1=Nc2cc(O)c(OC)cc2C([2H])(Oc2ccc(N)cc2F)N1. The topological polar surface area (TPSA) is 89.1 Å². The zero-order valence-electron chi connectivity index (χ0n) is 13.6. The molecule has 0 aromatic heterocycles. The van der Waals surface area contributed by atoms with E-state index in [-0.39, 0.29) is 40.5 Å². The standard InChI is InChI=1S/C15H14FN3O3/c1-21-14-5-9-11(6-12(14)20)18-7-19-15(9)22-13-3-2-8(17)4-10(13)16/h2-7,15,20H,17H2,1H3,(H,18,19)/i7D,15D. The van der Waals surface area contributed by atoms with Gasteiger partial charge in [0.05, 0.1) is 19.1 Å². The van der Waals surface area contributed by atoms with E-state index in [1.54, 1.807) is 0 Å². The molecular weight excluding hydrogens is 289 g/mol. The van der Waals surface area contributed by atoms with Crippen LogP contribution in [0.3, 0.4) is 0 Å². The number of methoxy groups -OCH3 is 1. The Morgan fingerprint density at radius 1 is 1.41 bits per heavy atom. The molecule has 1 heterocycles. The first-order valence-electron chi connectivity index (χ1n) is 7.31. The van der Waals surface area contributed by atoms with Gasteiger partial charge in [0.1, 0.15) is 2.74 Å². The molecule has 1 aliphatic rings. The lowest BCUT2D eigenvalue weighted by atomic mass is 10.1. The molecule has 7 heteroatoms. The number of aliphatic imine (C=N–C) groups is 1. The van der Waals surface area contributed by atoms with Crippen LogP contribution < -0.4 is 20.5 Å². The highest BCUT2D eigenvalue weighted by molar-refractivity contribution is 5.70. The minimum Gasteiger partial charge on any atom is -0.504 e. The Kier molecular flexibility index (Phi) is 2.88. The van der Waals surface area contributed by atoms with Gasteiger partial charge < -0.3 is 25.6 Å². The van der Waals surface area contributed by atoms with Gasteiger partial charge in [-0.05, 0) is 18.2 Å². The second-order valence-corrected chi connectivity index (χ2v) is 4.51. The molecule has 1 aliphatic heterocycles. The lowest BCUT2D eigenvalue weighted by Gasteiger charge is -2.24. The molecule has 0 saturated heterocycles. The number of nitrogens with one attached hydrogen (secondary N) is 1. The van der Waals surface area contributed by atoms with Crippen LogP contribution in [0.4, 0.5) is 15.8 Å². The van der Waals surface area contributed by atoms with Gasteiger partial charge in [-0.1, -0.05) is 0 Å². The summed E-state index contributed by atoms with van der Waals surface area (Å²) in [6, 6.07) is 6.37. The second-order valence-electron chi connectivity index (χ2n) is 4.51. The van der Waals surface area contributed by atoms with Crippen molar-refractivity contribution in [3.8, 4) is 17.2 Å². The van der Waals surface area contributed by atoms with E-state index in [4.69, 9.17) is 17.9 Å². The fourth-order valence-electron chi connectivity index (χ4n) is 1.99. The number of benzene rings is 2. The van der Waals surface area contributed by atoms with Crippen molar-refractivity contribution < 1.29 is 21.7 Å². The normalized spacial score (nSPS) is 20.9. The van der Waals surface area contributed by atoms with Gasteiger partial charge in [-0.3, -0.25) is 0 Å². The van der Waals surface area contributed by atoms with Crippen molar-refractivity contribution in [3.63, 3.8) is 0 Å². The molecule has 0 amide bonds. The van der Waals surface area contributed by atoms with Gasteiger partial charge in [-0.15, -0.1) is 0 Å². The number of anilines is 1. The maximum Gasteiger partial charge on any atom is 0.199 e. The molecule has 6 nitrogen and oxygen atoms in total. The number of hydrogen-bond acceptors (Lipinski definition) is 6. The maximum absolute atomic E-state index is 14.0. The number of aromatic hydroxyl groups is 1. The van der Waals surface area contributed by atoms with E-state index in [2.05, 4.69) is 10.3 Å². The zero-order valence-corrected chi connectivity index (χ0v) is 11.6. The smallest absolute Gasteiger partial charge is 0.199 e. The number of phenols is 1. The van der Waals surface area contributed by atoms with Gasteiger partial charge in [0.2, 0.25) is 0 Å². The summed E-state index contributed by atoms with van der Waals surface area (Å²) in [6.07, 6.45) is -2.40. The summed E-state index contributed by atoms with van der Waals surface area (Å²) in [5.41, 5.74) is 6.01. The van der Waals surface area contributed by atoms with E-state index in [1.165, 1.54) is 31.4 Å². The fraction of sp³-hybridized carbons (Fsp3) is 0.133. The van der Waals surface area contributed by atoms with Crippen molar-refractivity contribution in [2.24, 2.45) is 4.99 Å². The Balaban J connectivity index is 2.09. The Bertz CT molecular complexity index is 847. The van der Waals surface area contributed by atoms with Gasteiger partial charge >= 0.3 is 0 Å². The van der Waals surface area contributed by atoms with E-state index in [0.29, 0.717) is 0 Å². The summed E-state index contributed by atoms with van der Waals surface area (Å²) in [7, 11) is 1.35. The molecule has 22 heavy (non-hydrogen) atoms. The number of rotatable bonds is 3. The summed E-state index contributed by atoms with van der Waals surface area (Å²) in [5, 5.41) is 12.3. The summed E-state index contributed by atoms with van der Waals surface area (Å²) in [5.74, 6) is -1.07. The molecule has 4 N–H and O–H groups in total. The van der Waals surface area contributed by atoms with E-state index < -0.39 is 12.0 Å². The number of halogens is 1. The largest absolute Gasteiger partial charge is 0.504 e. The van der Waals surface area contributed by atoms with Crippen molar-refractivity contribution in [2.45, 2.75) is 6.20 Å². The summed E-state index contributed by atoms with van der Waals surface area (Å²) in [4.78, 5) is 3.90. The van der Waals surface area contributed by atoms with Crippen LogP contribution in [0.25, 0.3) is 0 Å². The van der Waals surface area contributed by atoms with Crippen molar-refractivity contribution in [1.82, 2.24) is 5.32 Å². The van der Waals surface area contributed by atoms with Gasteiger partial charge in [0.25, 0.3) is 0 Å². The minimum atomic E-state index is -2.04. The number of amidine groups is 1. The molecule has 0 aliphatic carbocycles. The molecule has 0 saturated carbocycles. The molecule has 1 atom stereocenters. The molecule has 0 radical (unpaired) electrons. The monoisotopic (exact) mass is 305 g/mol. The average molecular weight is 305 g/mol. The van der Waals surface area contributed by atoms with Crippen LogP contribution in [0.1, 0.15) is 14.5 Å². The number of nitrogens with two attached hydrogens (primary N) is 1. The average Bonchev–Trinajstić information content (AvgIpc) is 2.49. The molecule has 0 bridgehead atoms. The third-order valence-electron chi connectivity index (χ3n) is 3.06. The van der Waals surface area contributed by atoms with Crippen LogP contribution >= 0.6 is 0 Å². The third-order valence-corrected chi connectivity index (χ3v) is 3.06. The lowest BCUT2D eigenvalue weighted by Crippen LogP contribution is -2.27. The number of hydrogen-bond donors (Lipinski definition) is 3. The molecule has 3 rings (SSSR count). The fourth-order valence-corrected chi connectivity index (χ4v) is 1.99. The predicted molar refractivity (Wildman–Crippen MR) is 80.1 cm³/mol. The number of ether oxygens (including phenoxy) is 2. The number of phenolic OH excluding ortho intramolecular Hbond substituents is 1. The van der Waals surface area contributed by atoms with Crippen molar-refractivity contribution >= 4 is 17.7 Å². The number of nitrogen functional groups attached to an aromatic ring is 1. The van der Waals surface area contributed by atoms with Gasteiger partial charge in [0, 0.05) is 23.4 Å². The summed E-state index contributed by atoms with van der Waals surface area (Å²) >= 11 is 0. The van der Waals surface area contributed by atoms with Gasteiger partial charge in [-0.25, -0.2) is 9.38 Å². The van der Waals surface area contributed by atoms with E-state index in [0.717, 1.165) is 6.07 Å². The first kappa shape index (κ1) is 11.7. The van der Waals surface area contributed by atoms with E-state index in [1.807, 2.05) is 0 Å². The minimum absolute atomic E-state index is 0.0946. The van der Waals surface area contributed by atoms with Crippen molar-refractivity contribution in [1.29, 1.82) is 0 Å². The molecule has 0 spiro atoms. The highest BCUT2D eigenvalue weighted by Crippen LogP contribution is 2.39. The first-order chi connectivity index (χ1) is 11.3. The zero-order chi connectivity index (χ0) is 17.5. The lowest BCUT2D eigenvalue weighted by molar-refractivity contribution is 0.182. The quantitative estimate of drug-likeness (QED) is 0.758. The first-order valence-corrected chi connectivity index (χ1v) is 6.31. The molecule has 2 aromatic carbocycles. The van der Waals surface area contributed by atoms with Gasteiger partial charge in [-0.2, -0.15) is 0 Å². The van der Waals surface area contributed by atoms with Crippen LogP contribution in [0, 0.1) is 5.82 Å². The Morgan fingerprint density at radius 3 is 2.95 bits per heavy atom. The van der Waals surface area contributed by atoms with Crippen LogP contribution in [0.15, 0.2) is 35.3 Å². The Labute approximate surface area is 128 Å². The van der Waals surface area contributed by atoms with Crippen LogP contribution in [-0.2, 0) is 0 Å². The van der Waals surface area contributed by atoms with Crippen LogP contribution in [0.2, 0.25) is 0 Å². The summed E-state index contributed by atoms with van der Waals surface area (Å²) < 4.78 is 40.7. The van der Waals surface area contributed by atoms with Crippen LogP contribution in [-0.4, -0.2) is 18.5 Å². The van der Waals surface area contributed by atoms with Gasteiger partial charge in [0.15, 0.2) is 29.3 Å².